The third-order valence-electron chi connectivity index (χ3n) is 4.12. The van der Waals surface area contributed by atoms with Crippen molar-refractivity contribution in [2.24, 2.45) is 0 Å². The van der Waals surface area contributed by atoms with Crippen LogP contribution in [0, 0.1) is 22.9 Å². The Morgan fingerprint density at radius 3 is 2.61 bits per heavy atom. The Morgan fingerprint density at radius 1 is 1.23 bits per heavy atom. The summed E-state index contributed by atoms with van der Waals surface area (Å²) in [5, 5.41) is 23.4. The van der Waals surface area contributed by atoms with E-state index in [1.807, 2.05) is 0 Å². The molecule has 162 valence electrons. The minimum Gasteiger partial charge on any atom is -0.358 e. The van der Waals surface area contributed by atoms with Gasteiger partial charge in [-0.1, -0.05) is 17.3 Å². The molecule has 0 atom stereocenters. The first-order valence-corrected chi connectivity index (χ1v) is 9.12. The average molecular weight is 431 g/mol. The number of nitrogens with zero attached hydrogens (tertiary/aromatic N) is 5. The van der Waals surface area contributed by atoms with Crippen molar-refractivity contribution in [3.63, 3.8) is 0 Å². The van der Waals surface area contributed by atoms with Gasteiger partial charge in [0.2, 0.25) is 5.91 Å². The van der Waals surface area contributed by atoms with Crippen molar-refractivity contribution < 1.29 is 23.4 Å². The van der Waals surface area contributed by atoms with E-state index in [0.717, 1.165) is 0 Å². The van der Waals surface area contributed by atoms with Crippen LogP contribution >= 0.6 is 0 Å². The largest absolute Gasteiger partial charge is 0.390 e. The predicted octanol–water partition coefficient (Wildman–Crippen LogP) is 0.759. The van der Waals surface area contributed by atoms with Gasteiger partial charge in [-0.15, -0.1) is 0 Å². The normalized spacial score (nSPS) is 10.6. The van der Waals surface area contributed by atoms with Crippen LogP contribution in [0.4, 0.5) is 10.2 Å². The minimum atomic E-state index is -0.630. The minimum absolute atomic E-state index is 0.00407. The number of halogens is 1. The Bertz CT molecular complexity index is 1090. The van der Waals surface area contributed by atoms with Crippen LogP contribution in [0.2, 0.25) is 0 Å². The number of nitrogens with one attached hydrogen (secondary N) is 2. The Morgan fingerprint density at radius 2 is 1.94 bits per heavy atom. The second-order valence-corrected chi connectivity index (χ2v) is 6.48. The van der Waals surface area contributed by atoms with Crippen molar-refractivity contribution >= 4 is 17.6 Å². The third-order valence-corrected chi connectivity index (χ3v) is 4.12. The lowest BCUT2D eigenvalue weighted by Gasteiger charge is -2.06. The maximum atomic E-state index is 12.9. The number of aryl methyl sites for hydroxylation is 1. The predicted molar refractivity (Wildman–Crippen MR) is 102 cm³/mol. The van der Waals surface area contributed by atoms with Crippen LogP contribution < -0.4 is 10.6 Å². The van der Waals surface area contributed by atoms with Gasteiger partial charge in [0.15, 0.2) is 5.82 Å². The maximum Gasteiger partial charge on any atom is 0.390 e. The number of nitro groups is 1. The molecular weight excluding hydrogens is 413 g/mol. The molecule has 0 bridgehead atoms. The maximum absolute atomic E-state index is 12.9. The molecule has 0 spiro atoms. The summed E-state index contributed by atoms with van der Waals surface area (Å²) in [6, 6.07) is 6.89. The quantitative estimate of drug-likeness (QED) is 0.285. The molecule has 0 saturated heterocycles. The number of benzene rings is 1. The van der Waals surface area contributed by atoms with Crippen molar-refractivity contribution in [2.45, 2.75) is 19.9 Å². The van der Waals surface area contributed by atoms with Crippen LogP contribution in [0.3, 0.4) is 0 Å². The number of hydrogen-bond acceptors (Lipinski definition) is 8. The molecule has 2 heterocycles. The van der Waals surface area contributed by atoms with Crippen LogP contribution in [0.5, 0.6) is 0 Å². The Balaban J connectivity index is 1.43. The van der Waals surface area contributed by atoms with Crippen molar-refractivity contribution in [3.8, 4) is 0 Å². The van der Waals surface area contributed by atoms with Crippen LogP contribution in [0.1, 0.15) is 27.8 Å². The zero-order chi connectivity index (χ0) is 22.4. The van der Waals surface area contributed by atoms with Crippen LogP contribution in [-0.4, -0.2) is 49.7 Å². The lowest BCUT2D eigenvalue weighted by molar-refractivity contribution is -0.389. The highest BCUT2D eigenvalue weighted by atomic mass is 19.1. The Kier molecular flexibility index (Phi) is 6.64. The van der Waals surface area contributed by atoms with Gasteiger partial charge in [0.05, 0.1) is 23.3 Å². The number of hydrogen-bond donors (Lipinski definition) is 2. The summed E-state index contributed by atoms with van der Waals surface area (Å²) < 4.78 is 19.1. The van der Waals surface area contributed by atoms with Gasteiger partial charge >= 0.3 is 17.6 Å². The molecule has 3 rings (SSSR count). The second kappa shape index (κ2) is 9.56. The highest BCUT2D eigenvalue weighted by molar-refractivity contribution is 5.89. The monoisotopic (exact) mass is 431 g/mol. The molecule has 0 saturated carbocycles. The van der Waals surface area contributed by atoms with E-state index in [1.54, 1.807) is 6.92 Å². The van der Waals surface area contributed by atoms with Crippen LogP contribution in [-0.2, 0) is 17.8 Å². The molecule has 31 heavy (non-hydrogen) atoms. The zero-order valence-corrected chi connectivity index (χ0v) is 16.4. The topological polar surface area (TPSA) is 158 Å². The van der Waals surface area contributed by atoms with Gasteiger partial charge in [-0.3, -0.25) is 9.59 Å². The summed E-state index contributed by atoms with van der Waals surface area (Å²) in [5.41, 5.74) is 1.19. The van der Waals surface area contributed by atoms with Gasteiger partial charge in [-0.25, -0.2) is 4.39 Å². The Labute approximate surface area is 174 Å². The third kappa shape index (κ3) is 5.91. The molecule has 0 aliphatic carbocycles. The summed E-state index contributed by atoms with van der Waals surface area (Å²) in [4.78, 5) is 38.0. The van der Waals surface area contributed by atoms with E-state index < -0.39 is 10.8 Å². The standard InChI is InChI=1S/C18H18FN7O5/c1-11-8-15(26(29)30)23-25(11)10-14-22-18(31-24-14)17(28)21-7-6-20-16(27)9-12-2-4-13(19)5-3-12/h2-5,8H,6-7,9-10H2,1H3,(H,20,27)(H,21,28). The van der Waals surface area contributed by atoms with Gasteiger partial charge in [0.1, 0.15) is 12.4 Å². The molecule has 13 heteroatoms. The zero-order valence-electron chi connectivity index (χ0n) is 16.4. The fraction of sp³-hybridized carbons (Fsp3) is 0.278. The first-order chi connectivity index (χ1) is 14.8. The van der Waals surface area contributed by atoms with E-state index in [9.17, 15) is 24.1 Å². The van der Waals surface area contributed by atoms with Gasteiger partial charge in [0.25, 0.3) is 0 Å². The highest BCUT2D eigenvalue weighted by Crippen LogP contribution is 2.12. The molecule has 1 aromatic carbocycles. The lowest BCUT2D eigenvalue weighted by atomic mass is 10.1. The molecule has 3 aromatic rings. The summed E-state index contributed by atoms with van der Waals surface area (Å²) in [5.74, 6) is -1.75. The van der Waals surface area contributed by atoms with Gasteiger partial charge in [-0.05, 0) is 29.5 Å². The second-order valence-electron chi connectivity index (χ2n) is 6.48. The molecule has 0 aliphatic heterocycles. The van der Waals surface area contributed by atoms with E-state index in [-0.39, 0.29) is 55.3 Å². The summed E-state index contributed by atoms with van der Waals surface area (Å²) in [6.07, 6.45) is 0.0895. The average Bonchev–Trinajstić information content (AvgIpc) is 3.34. The van der Waals surface area contributed by atoms with Crippen molar-refractivity contribution in [1.82, 2.24) is 30.6 Å². The van der Waals surface area contributed by atoms with E-state index in [0.29, 0.717) is 11.3 Å². The number of carbonyl (C=O) groups is 2. The van der Waals surface area contributed by atoms with Gasteiger partial charge in [-0.2, -0.15) is 9.67 Å². The molecule has 2 aromatic heterocycles. The van der Waals surface area contributed by atoms with Crippen molar-refractivity contribution in [1.29, 1.82) is 0 Å². The van der Waals surface area contributed by atoms with E-state index >= 15 is 0 Å². The van der Waals surface area contributed by atoms with Gasteiger partial charge < -0.3 is 25.3 Å². The van der Waals surface area contributed by atoms with E-state index in [2.05, 4.69) is 25.9 Å². The lowest BCUT2D eigenvalue weighted by Crippen LogP contribution is -2.35. The Hall–Kier alpha value is -4.16. The first-order valence-electron chi connectivity index (χ1n) is 9.12. The van der Waals surface area contributed by atoms with Crippen LogP contribution in [0.25, 0.3) is 0 Å². The SMILES string of the molecule is Cc1cc([N+](=O)[O-])nn1Cc1noc(C(=O)NCCNC(=O)Cc2ccc(F)cc2)n1. The summed E-state index contributed by atoms with van der Waals surface area (Å²) >= 11 is 0. The molecule has 2 amide bonds. The number of amides is 2. The first kappa shape index (κ1) is 21.5. The van der Waals surface area contributed by atoms with E-state index in [1.165, 1.54) is 35.0 Å². The molecule has 12 nitrogen and oxygen atoms in total. The number of rotatable bonds is 9. The molecule has 0 unspecified atom stereocenters. The highest BCUT2D eigenvalue weighted by Gasteiger charge is 2.19. The summed E-state index contributed by atoms with van der Waals surface area (Å²) in [7, 11) is 0. The van der Waals surface area contributed by atoms with E-state index in [4.69, 9.17) is 4.52 Å². The smallest absolute Gasteiger partial charge is 0.358 e. The molecule has 0 aliphatic rings. The summed E-state index contributed by atoms with van der Waals surface area (Å²) in [6.45, 7) is 1.92. The fourth-order valence-corrected chi connectivity index (χ4v) is 2.59. The number of carbonyl (C=O) groups excluding carboxylic acids is 2. The van der Waals surface area contributed by atoms with Crippen LogP contribution in [0.15, 0.2) is 34.9 Å². The molecule has 0 radical (unpaired) electrons. The van der Waals surface area contributed by atoms with Crippen molar-refractivity contribution in [2.75, 3.05) is 13.1 Å². The van der Waals surface area contributed by atoms with Gasteiger partial charge in [0, 0.05) is 13.1 Å². The fourth-order valence-electron chi connectivity index (χ4n) is 2.59. The molecular formula is C18H18FN7O5. The molecule has 0 fully saturated rings. The van der Waals surface area contributed by atoms with Crippen molar-refractivity contribution in [3.05, 3.63) is 69.2 Å². The number of aromatic nitrogens is 4. The molecule has 2 N–H and O–H groups in total.